The molecule has 0 saturated carbocycles. The predicted molar refractivity (Wildman–Crippen MR) is 96.1 cm³/mol. The SMILES string of the molecule is CC(C)(C)NC(=O)Cn1cccc1-c1nc(-c2cccc(Cl)c2)no1. The molecule has 2 heterocycles. The molecule has 0 radical (unpaired) electrons. The largest absolute Gasteiger partial charge is 0.350 e. The van der Waals surface area contributed by atoms with Gasteiger partial charge in [-0.1, -0.05) is 28.9 Å². The Balaban J connectivity index is 1.82. The van der Waals surface area contributed by atoms with Crippen LogP contribution in [-0.2, 0) is 11.3 Å². The van der Waals surface area contributed by atoms with E-state index in [9.17, 15) is 4.79 Å². The van der Waals surface area contributed by atoms with Gasteiger partial charge in [0.05, 0.1) is 0 Å². The van der Waals surface area contributed by atoms with Gasteiger partial charge in [0.15, 0.2) is 0 Å². The Kier molecular flexibility index (Phi) is 4.63. The highest BCUT2D eigenvalue weighted by molar-refractivity contribution is 6.30. The first-order valence-corrected chi connectivity index (χ1v) is 8.26. The minimum atomic E-state index is -0.283. The Morgan fingerprint density at radius 3 is 2.80 bits per heavy atom. The van der Waals surface area contributed by atoms with Gasteiger partial charge < -0.3 is 14.4 Å². The average Bonchev–Trinajstić information content (AvgIpc) is 3.13. The fraction of sp³-hybridized carbons (Fsp3) is 0.278. The van der Waals surface area contributed by atoms with E-state index in [-0.39, 0.29) is 18.0 Å². The lowest BCUT2D eigenvalue weighted by Gasteiger charge is -2.20. The van der Waals surface area contributed by atoms with Crippen LogP contribution in [0, 0.1) is 0 Å². The number of hydrogen-bond donors (Lipinski definition) is 1. The van der Waals surface area contributed by atoms with Gasteiger partial charge in [-0.05, 0) is 45.0 Å². The van der Waals surface area contributed by atoms with Crippen molar-refractivity contribution in [3.8, 4) is 23.0 Å². The highest BCUT2D eigenvalue weighted by Gasteiger charge is 2.18. The molecule has 0 atom stereocenters. The Morgan fingerprint density at radius 1 is 1.28 bits per heavy atom. The first-order valence-electron chi connectivity index (χ1n) is 7.88. The molecule has 0 saturated heterocycles. The van der Waals surface area contributed by atoms with Crippen molar-refractivity contribution in [1.29, 1.82) is 0 Å². The zero-order valence-corrected chi connectivity index (χ0v) is 15.0. The lowest BCUT2D eigenvalue weighted by atomic mass is 10.1. The van der Waals surface area contributed by atoms with Gasteiger partial charge in [-0.2, -0.15) is 4.98 Å². The quantitative estimate of drug-likeness (QED) is 0.770. The molecule has 3 aromatic rings. The van der Waals surface area contributed by atoms with E-state index in [2.05, 4.69) is 15.5 Å². The van der Waals surface area contributed by atoms with Crippen LogP contribution in [0.2, 0.25) is 5.02 Å². The molecule has 2 aromatic heterocycles. The van der Waals surface area contributed by atoms with E-state index in [1.807, 2.05) is 45.0 Å². The van der Waals surface area contributed by atoms with Crippen molar-refractivity contribution in [2.45, 2.75) is 32.9 Å². The maximum Gasteiger partial charge on any atom is 0.274 e. The molecule has 0 spiro atoms. The topological polar surface area (TPSA) is 73.0 Å². The summed E-state index contributed by atoms with van der Waals surface area (Å²) < 4.78 is 7.14. The van der Waals surface area contributed by atoms with Gasteiger partial charge in [0, 0.05) is 22.3 Å². The lowest BCUT2D eigenvalue weighted by Crippen LogP contribution is -2.42. The van der Waals surface area contributed by atoms with Gasteiger partial charge in [-0.3, -0.25) is 4.79 Å². The Hall–Kier alpha value is -2.60. The van der Waals surface area contributed by atoms with Crippen molar-refractivity contribution in [3.05, 3.63) is 47.6 Å². The smallest absolute Gasteiger partial charge is 0.274 e. The Labute approximate surface area is 150 Å². The van der Waals surface area contributed by atoms with Gasteiger partial charge in [-0.25, -0.2) is 0 Å². The van der Waals surface area contributed by atoms with Crippen LogP contribution in [0.15, 0.2) is 47.1 Å². The van der Waals surface area contributed by atoms with Crippen LogP contribution in [-0.4, -0.2) is 26.2 Å². The molecule has 0 aliphatic heterocycles. The summed E-state index contributed by atoms with van der Waals surface area (Å²) in [6, 6.07) is 10.9. The second-order valence-electron chi connectivity index (χ2n) is 6.75. The second kappa shape index (κ2) is 6.72. The molecule has 0 fully saturated rings. The first kappa shape index (κ1) is 17.2. The zero-order valence-electron chi connectivity index (χ0n) is 14.3. The molecule has 6 nitrogen and oxygen atoms in total. The van der Waals surface area contributed by atoms with Crippen LogP contribution in [0.4, 0.5) is 0 Å². The van der Waals surface area contributed by atoms with Crippen LogP contribution in [0.5, 0.6) is 0 Å². The van der Waals surface area contributed by atoms with Crippen LogP contribution < -0.4 is 5.32 Å². The first-order chi connectivity index (χ1) is 11.8. The maximum absolute atomic E-state index is 12.2. The molecule has 130 valence electrons. The van der Waals surface area contributed by atoms with Crippen molar-refractivity contribution in [2.24, 2.45) is 0 Å². The standard InChI is InChI=1S/C18H19ClN4O2/c1-18(2,3)21-15(24)11-23-9-5-8-14(23)17-20-16(22-25-17)12-6-4-7-13(19)10-12/h4-10H,11H2,1-3H3,(H,21,24). The van der Waals surface area contributed by atoms with Gasteiger partial charge in [0.1, 0.15) is 12.2 Å². The summed E-state index contributed by atoms with van der Waals surface area (Å²) in [5.74, 6) is 0.715. The summed E-state index contributed by atoms with van der Waals surface area (Å²) in [6.07, 6.45) is 1.81. The maximum atomic E-state index is 12.2. The van der Waals surface area contributed by atoms with E-state index < -0.39 is 0 Å². The number of aromatic nitrogens is 3. The number of amides is 1. The molecule has 0 bridgehead atoms. The monoisotopic (exact) mass is 358 g/mol. The summed E-state index contributed by atoms with van der Waals surface area (Å²) in [5.41, 5.74) is 1.17. The van der Waals surface area contributed by atoms with Crippen molar-refractivity contribution in [2.75, 3.05) is 0 Å². The minimum absolute atomic E-state index is 0.0838. The molecule has 0 aliphatic rings. The third-order valence-electron chi connectivity index (χ3n) is 3.39. The number of nitrogens with zero attached hydrogens (tertiary/aromatic N) is 3. The van der Waals surface area contributed by atoms with E-state index in [0.29, 0.717) is 22.4 Å². The molecule has 0 unspecified atom stereocenters. The lowest BCUT2D eigenvalue weighted by molar-refractivity contribution is -0.123. The fourth-order valence-electron chi connectivity index (χ4n) is 2.43. The highest BCUT2D eigenvalue weighted by atomic mass is 35.5. The van der Waals surface area contributed by atoms with Crippen LogP contribution >= 0.6 is 11.6 Å². The molecule has 3 rings (SSSR count). The summed E-state index contributed by atoms with van der Waals surface area (Å²) >= 11 is 6.00. The number of rotatable bonds is 4. The average molecular weight is 359 g/mol. The Bertz CT molecular complexity index is 892. The van der Waals surface area contributed by atoms with E-state index >= 15 is 0 Å². The molecule has 1 N–H and O–H groups in total. The van der Waals surface area contributed by atoms with Crippen molar-refractivity contribution in [1.82, 2.24) is 20.0 Å². The molecular weight excluding hydrogens is 340 g/mol. The summed E-state index contributed by atoms with van der Waals surface area (Å²) in [5, 5.41) is 7.54. The van der Waals surface area contributed by atoms with Gasteiger partial charge in [0.25, 0.3) is 5.89 Å². The number of hydrogen-bond acceptors (Lipinski definition) is 4. The molecule has 25 heavy (non-hydrogen) atoms. The van der Waals surface area contributed by atoms with Crippen LogP contribution in [0.3, 0.4) is 0 Å². The highest BCUT2D eigenvalue weighted by Crippen LogP contribution is 2.24. The minimum Gasteiger partial charge on any atom is -0.350 e. The number of carbonyl (C=O) groups excluding carboxylic acids is 1. The summed E-state index contributed by atoms with van der Waals surface area (Å²) in [7, 11) is 0. The van der Waals surface area contributed by atoms with Crippen LogP contribution in [0.1, 0.15) is 20.8 Å². The molecule has 1 aromatic carbocycles. The Morgan fingerprint density at radius 2 is 2.08 bits per heavy atom. The number of nitrogens with one attached hydrogen (secondary N) is 1. The third-order valence-corrected chi connectivity index (χ3v) is 3.62. The van der Waals surface area contributed by atoms with Crippen LogP contribution in [0.25, 0.3) is 23.0 Å². The summed E-state index contributed by atoms with van der Waals surface area (Å²) in [4.78, 5) is 16.6. The second-order valence-corrected chi connectivity index (χ2v) is 7.19. The third kappa shape index (κ3) is 4.28. The normalized spacial score (nSPS) is 11.5. The summed E-state index contributed by atoms with van der Waals surface area (Å²) in [6.45, 7) is 6.00. The van der Waals surface area contributed by atoms with E-state index in [0.717, 1.165) is 5.56 Å². The molecular formula is C18H19ClN4O2. The fourth-order valence-corrected chi connectivity index (χ4v) is 2.62. The van der Waals surface area contributed by atoms with Gasteiger partial charge in [0.2, 0.25) is 11.7 Å². The predicted octanol–water partition coefficient (Wildman–Crippen LogP) is 3.77. The zero-order chi connectivity index (χ0) is 18.0. The number of halogens is 1. The van der Waals surface area contributed by atoms with Gasteiger partial charge in [-0.15, -0.1) is 0 Å². The molecule has 7 heteroatoms. The van der Waals surface area contributed by atoms with Crippen molar-refractivity contribution >= 4 is 17.5 Å². The van der Waals surface area contributed by atoms with E-state index in [1.165, 1.54) is 0 Å². The molecule has 0 aliphatic carbocycles. The number of benzene rings is 1. The number of carbonyl (C=O) groups is 1. The van der Waals surface area contributed by atoms with E-state index in [1.54, 1.807) is 22.9 Å². The van der Waals surface area contributed by atoms with Gasteiger partial charge >= 0.3 is 0 Å². The molecule has 1 amide bonds. The van der Waals surface area contributed by atoms with E-state index in [4.69, 9.17) is 16.1 Å². The van der Waals surface area contributed by atoms with Crippen molar-refractivity contribution in [3.63, 3.8) is 0 Å². The van der Waals surface area contributed by atoms with Crippen molar-refractivity contribution < 1.29 is 9.32 Å².